The molecule has 6 heteroatoms. The molecule has 1 unspecified atom stereocenters. The fourth-order valence-electron chi connectivity index (χ4n) is 5.77. The Labute approximate surface area is 221 Å². The van der Waals surface area contributed by atoms with Gasteiger partial charge in [-0.1, -0.05) is 54.1 Å². The summed E-state index contributed by atoms with van der Waals surface area (Å²) in [7, 11) is 3.36. The van der Waals surface area contributed by atoms with E-state index < -0.39 is 0 Å². The van der Waals surface area contributed by atoms with Crippen molar-refractivity contribution in [3.8, 4) is 22.6 Å². The van der Waals surface area contributed by atoms with Crippen LogP contribution in [-0.4, -0.2) is 31.6 Å². The van der Waals surface area contributed by atoms with Gasteiger partial charge in [-0.05, 0) is 47.2 Å². The number of rotatable bonds is 5. The van der Waals surface area contributed by atoms with Crippen molar-refractivity contribution in [2.45, 2.75) is 25.4 Å². The monoisotopic (exact) mass is 511 g/mol. The zero-order chi connectivity index (χ0) is 25.5. The van der Waals surface area contributed by atoms with Gasteiger partial charge in [0.15, 0.2) is 30.4 Å². The Hall–Kier alpha value is -3.83. The van der Waals surface area contributed by atoms with Crippen LogP contribution in [0.15, 0.2) is 79.1 Å². The molecule has 3 aromatic carbocycles. The van der Waals surface area contributed by atoms with Crippen molar-refractivity contribution in [3.63, 3.8) is 0 Å². The van der Waals surface area contributed by atoms with Crippen LogP contribution in [0.4, 0.5) is 0 Å². The van der Waals surface area contributed by atoms with Crippen LogP contribution in [-0.2, 0) is 19.4 Å². The third kappa shape index (κ3) is 4.04. The van der Waals surface area contributed by atoms with Gasteiger partial charge in [0.25, 0.3) is 5.91 Å². The number of carbonyl (C=O) groups excluding carboxylic acids is 1. The minimum atomic E-state index is -0.0589. The first-order valence-corrected chi connectivity index (χ1v) is 12.9. The topological polar surface area (TPSA) is 42.7 Å². The predicted octanol–water partition coefficient (Wildman–Crippen LogP) is 5.66. The molecule has 2 aliphatic rings. The maximum atomic E-state index is 13.9. The van der Waals surface area contributed by atoms with Crippen molar-refractivity contribution in [2.24, 2.45) is 0 Å². The van der Waals surface area contributed by atoms with Crippen molar-refractivity contribution >= 4 is 17.5 Å². The van der Waals surface area contributed by atoms with Crippen LogP contribution < -0.4 is 14.0 Å². The number of fused-ring (bicyclic) bond motifs is 2. The van der Waals surface area contributed by atoms with Gasteiger partial charge in [-0.15, -0.1) is 0 Å². The number of methoxy groups -OCH3 is 2. The molecule has 1 atom stereocenters. The quantitative estimate of drug-likeness (QED) is 0.325. The van der Waals surface area contributed by atoms with E-state index in [4.69, 9.17) is 21.1 Å². The normalized spacial score (nSPS) is 15.5. The highest BCUT2D eigenvalue weighted by atomic mass is 35.5. The maximum Gasteiger partial charge on any atom is 0.254 e. The second-order valence-corrected chi connectivity index (χ2v) is 9.94. The number of hydrogen-bond donors (Lipinski definition) is 0. The lowest BCUT2D eigenvalue weighted by Gasteiger charge is -2.42. The van der Waals surface area contributed by atoms with Crippen LogP contribution in [0.1, 0.15) is 38.7 Å². The lowest BCUT2D eigenvalue weighted by Crippen LogP contribution is -2.43. The van der Waals surface area contributed by atoms with E-state index in [0.29, 0.717) is 18.7 Å². The summed E-state index contributed by atoms with van der Waals surface area (Å²) in [6.07, 6.45) is 5.44. The first-order valence-electron chi connectivity index (χ1n) is 12.5. The predicted molar refractivity (Wildman–Crippen MR) is 143 cm³/mol. The Balaban J connectivity index is 1.35. The van der Waals surface area contributed by atoms with Crippen molar-refractivity contribution in [3.05, 3.63) is 112 Å². The van der Waals surface area contributed by atoms with Gasteiger partial charge < -0.3 is 14.4 Å². The van der Waals surface area contributed by atoms with Gasteiger partial charge in [-0.3, -0.25) is 4.79 Å². The van der Waals surface area contributed by atoms with Crippen LogP contribution >= 0.6 is 11.6 Å². The summed E-state index contributed by atoms with van der Waals surface area (Å²) in [5.41, 5.74) is 7.54. The number of ether oxygens (including phenoxy) is 2. The van der Waals surface area contributed by atoms with Crippen molar-refractivity contribution < 1.29 is 18.8 Å². The summed E-state index contributed by atoms with van der Waals surface area (Å²) in [4.78, 5) is 15.9. The summed E-state index contributed by atoms with van der Waals surface area (Å²) < 4.78 is 13.6. The van der Waals surface area contributed by atoms with E-state index in [0.717, 1.165) is 46.1 Å². The number of hydrogen-bond acceptors (Lipinski definition) is 3. The van der Waals surface area contributed by atoms with Crippen LogP contribution in [0.5, 0.6) is 11.5 Å². The van der Waals surface area contributed by atoms with Crippen LogP contribution in [0.3, 0.4) is 0 Å². The van der Waals surface area contributed by atoms with Crippen molar-refractivity contribution in [2.75, 3.05) is 20.8 Å². The zero-order valence-electron chi connectivity index (χ0n) is 20.9. The first-order chi connectivity index (χ1) is 18.1. The maximum absolute atomic E-state index is 13.9. The first kappa shape index (κ1) is 23.6. The van der Waals surface area contributed by atoms with E-state index in [2.05, 4.69) is 30.3 Å². The minimum absolute atomic E-state index is 0.0423. The molecule has 186 valence electrons. The van der Waals surface area contributed by atoms with Crippen LogP contribution in [0.25, 0.3) is 11.1 Å². The van der Waals surface area contributed by atoms with E-state index in [1.165, 1.54) is 16.7 Å². The van der Waals surface area contributed by atoms with Crippen LogP contribution in [0, 0.1) is 0 Å². The average Bonchev–Trinajstić information content (AvgIpc) is 2.94. The number of nitrogens with zero attached hydrogens (tertiary/aromatic N) is 2. The number of benzene rings is 3. The van der Waals surface area contributed by atoms with E-state index in [1.54, 1.807) is 14.2 Å². The van der Waals surface area contributed by atoms with Crippen molar-refractivity contribution in [1.29, 1.82) is 0 Å². The molecule has 0 spiro atoms. The fraction of sp³-hybridized carbons (Fsp3) is 0.226. The molecule has 2 heterocycles. The molecule has 0 bridgehead atoms. The highest BCUT2D eigenvalue weighted by molar-refractivity contribution is 6.31. The summed E-state index contributed by atoms with van der Waals surface area (Å²) in [5.74, 6) is 1.51. The smallest absolute Gasteiger partial charge is 0.254 e. The third-order valence-corrected chi connectivity index (χ3v) is 7.91. The Morgan fingerprint density at radius 3 is 2.51 bits per heavy atom. The van der Waals surface area contributed by atoms with Gasteiger partial charge in [0, 0.05) is 29.8 Å². The molecule has 0 fully saturated rings. The zero-order valence-corrected chi connectivity index (χ0v) is 21.7. The molecular weight excluding hydrogens is 484 g/mol. The number of aromatic nitrogens is 1. The number of amides is 1. The summed E-state index contributed by atoms with van der Waals surface area (Å²) in [5, 5.41) is 0.738. The lowest BCUT2D eigenvalue weighted by molar-refractivity contribution is -0.688. The molecule has 0 radical (unpaired) electrons. The molecule has 4 aromatic rings. The fourth-order valence-corrected chi connectivity index (χ4v) is 5.97. The Bertz CT molecular complexity index is 1500. The highest BCUT2D eigenvalue weighted by Crippen LogP contribution is 2.52. The molecule has 6 rings (SSSR count). The lowest BCUT2D eigenvalue weighted by atomic mass is 9.76. The van der Waals surface area contributed by atoms with E-state index in [-0.39, 0.29) is 11.9 Å². The molecule has 1 aliphatic carbocycles. The largest absolute Gasteiger partial charge is 0.493 e. The van der Waals surface area contributed by atoms with E-state index >= 15 is 0 Å². The molecular formula is C31H28ClN2O3+. The van der Waals surface area contributed by atoms with Gasteiger partial charge in [-0.25, -0.2) is 4.57 Å². The van der Waals surface area contributed by atoms with E-state index in [1.807, 2.05) is 58.3 Å². The molecule has 0 N–H and O–H groups in total. The number of pyridine rings is 1. The van der Waals surface area contributed by atoms with Gasteiger partial charge in [0.05, 0.1) is 30.8 Å². The minimum Gasteiger partial charge on any atom is -0.493 e. The molecule has 5 nitrogen and oxygen atoms in total. The third-order valence-electron chi connectivity index (χ3n) is 7.54. The second kappa shape index (κ2) is 9.56. The summed E-state index contributed by atoms with van der Waals surface area (Å²) in [6.45, 7) is 1.30. The Morgan fingerprint density at radius 2 is 1.76 bits per heavy atom. The average molecular weight is 512 g/mol. The highest BCUT2D eigenvalue weighted by Gasteiger charge is 2.39. The molecule has 1 aromatic heterocycles. The summed E-state index contributed by atoms with van der Waals surface area (Å²) >= 11 is 6.33. The Kier molecular flexibility index (Phi) is 6.09. The standard InChI is InChI=1S/C31H28ClN2O3/c1-36-27-18-22-13-16-34(26-17-21-7-3-5-9-24(21)29(28(22)26)30(27)37-2)31(35)20-11-14-33(15-12-20)19-23-8-4-6-10-25(23)32/h3-12,14-15,18,26H,13,16-17,19H2,1-2H3/q+1. The van der Waals surface area contributed by atoms with Crippen LogP contribution in [0.2, 0.25) is 5.02 Å². The molecule has 0 saturated heterocycles. The molecule has 37 heavy (non-hydrogen) atoms. The SMILES string of the molecule is COc1cc2c3c(c1OC)-c1ccccc1CC3N(C(=O)c1cc[n+](Cc3ccccc3Cl)cc1)CC2. The number of carbonyl (C=O) groups is 1. The molecule has 1 amide bonds. The summed E-state index contributed by atoms with van der Waals surface area (Å²) in [6, 6.07) is 22.0. The molecule has 0 saturated carbocycles. The molecule has 1 aliphatic heterocycles. The van der Waals surface area contributed by atoms with Gasteiger partial charge >= 0.3 is 0 Å². The van der Waals surface area contributed by atoms with Gasteiger partial charge in [-0.2, -0.15) is 0 Å². The number of halogens is 1. The Morgan fingerprint density at radius 1 is 1.00 bits per heavy atom. The van der Waals surface area contributed by atoms with Crippen molar-refractivity contribution in [1.82, 2.24) is 4.90 Å². The van der Waals surface area contributed by atoms with Gasteiger partial charge in [0.2, 0.25) is 0 Å². The van der Waals surface area contributed by atoms with Gasteiger partial charge in [0.1, 0.15) is 0 Å². The second-order valence-electron chi connectivity index (χ2n) is 9.54. The van der Waals surface area contributed by atoms with E-state index in [9.17, 15) is 4.79 Å².